The number of nitrogens with zero attached hydrogens (tertiary/aromatic N) is 5. The van der Waals surface area contributed by atoms with Crippen LogP contribution >= 0.6 is 0 Å². The van der Waals surface area contributed by atoms with Crippen LogP contribution in [0.5, 0.6) is 0 Å². The Labute approximate surface area is 198 Å². The maximum absolute atomic E-state index is 15.1. The summed E-state index contributed by atoms with van der Waals surface area (Å²) >= 11 is 0. The molecule has 3 heterocycles. The van der Waals surface area contributed by atoms with Crippen molar-refractivity contribution in [2.24, 2.45) is 12.8 Å². The van der Waals surface area contributed by atoms with Gasteiger partial charge in [-0.15, -0.1) is 0 Å². The number of urea groups is 1. The van der Waals surface area contributed by atoms with Gasteiger partial charge in [-0.2, -0.15) is 5.10 Å². The minimum absolute atomic E-state index is 0.0353. The van der Waals surface area contributed by atoms with Crippen molar-refractivity contribution >= 4 is 17.8 Å². The van der Waals surface area contributed by atoms with Crippen LogP contribution in [-0.4, -0.2) is 42.8 Å². The third-order valence-electron chi connectivity index (χ3n) is 5.48. The summed E-state index contributed by atoms with van der Waals surface area (Å²) in [6.45, 7) is 2.29. The minimum Gasteiger partial charge on any atom is -0.363 e. The van der Waals surface area contributed by atoms with Gasteiger partial charge in [0.1, 0.15) is 5.82 Å². The van der Waals surface area contributed by atoms with E-state index in [-0.39, 0.29) is 29.2 Å². The Balaban J connectivity index is 1.48. The molecule has 0 spiro atoms. The summed E-state index contributed by atoms with van der Waals surface area (Å²) in [5.74, 6) is -2.56. The molecule has 0 aliphatic carbocycles. The maximum Gasteiger partial charge on any atom is 0.320 e. The molecular weight excluding hydrogens is 458 g/mol. The maximum atomic E-state index is 15.1. The fraction of sp³-hybridized carbons (Fsp3) is 0.174. The number of carbonyl (C=O) groups is 2. The van der Waals surface area contributed by atoms with E-state index in [1.54, 1.807) is 36.0 Å². The molecule has 3 aromatic heterocycles. The van der Waals surface area contributed by atoms with Gasteiger partial charge in [0.15, 0.2) is 17.5 Å². The predicted molar refractivity (Wildman–Crippen MR) is 124 cm³/mol. The second-order valence-electron chi connectivity index (χ2n) is 7.64. The second-order valence-corrected chi connectivity index (χ2v) is 7.64. The summed E-state index contributed by atoms with van der Waals surface area (Å²) < 4.78 is 33.0. The monoisotopic (exact) mass is 480 g/mol. The summed E-state index contributed by atoms with van der Waals surface area (Å²) in [5, 5.41) is 9.53. The molecule has 0 radical (unpaired) electrons. The molecule has 4 N–H and O–H groups in total. The number of rotatable bonds is 7. The van der Waals surface area contributed by atoms with Crippen molar-refractivity contribution in [2.75, 3.05) is 11.9 Å². The number of nitrogens with two attached hydrogens (primary N) is 1. The molecule has 4 aromatic rings. The lowest BCUT2D eigenvalue weighted by Crippen LogP contribution is -2.32. The molecule has 0 unspecified atom stereocenters. The van der Waals surface area contributed by atoms with Crippen molar-refractivity contribution in [3.8, 4) is 22.4 Å². The molecule has 0 aliphatic rings. The van der Waals surface area contributed by atoms with Crippen LogP contribution in [-0.2, 0) is 13.6 Å². The Kier molecular flexibility index (Phi) is 6.53. The van der Waals surface area contributed by atoms with E-state index in [2.05, 4.69) is 25.7 Å². The number of anilines is 1. The number of pyridine rings is 1. The van der Waals surface area contributed by atoms with Crippen molar-refractivity contribution < 1.29 is 18.4 Å². The Morgan fingerprint density at radius 3 is 2.46 bits per heavy atom. The lowest BCUT2D eigenvalue weighted by atomic mass is 10.0. The zero-order valence-electron chi connectivity index (χ0n) is 18.9. The van der Waals surface area contributed by atoms with Crippen molar-refractivity contribution in [1.29, 1.82) is 0 Å². The quantitative estimate of drug-likeness (QED) is 0.374. The third kappa shape index (κ3) is 4.71. The molecule has 0 fully saturated rings. The van der Waals surface area contributed by atoms with E-state index in [4.69, 9.17) is 5.73 Å². The lowest BCUT2D eigenvalue weighted by Gasteiger charge is -2.11. The van der Waals surface area contributed by atoms with E-state index in [0.29, 0.717) is 23.6 Å². The van der Waals surface area contributed by atoms with E-state index >= 15 is 8.78 Å². The first-order valence-electron chi connectivity index (χ1n) is 10.6. The number of hydrogen-bond acceptors (Lipinski definition) is 5. The average Bonchev–Trinajstić information content (AvgIpc) is 3.39. The van der Waals surface area contributed by atoms with Crippen LogP contribution in [0.1, 0.15) is 16.3 Å². The standard InChI is InChI=1S/C23H22F2N8O2/c1-13-16(11-30-33(13)10-9-28-23(35)31-18-5-3-4-8-27-18)14-6-7-15(20(25)19(14)24)17-12-29-22(21(26)34)32(17)2/h3-8,11-12H,9-10H2,1-2H3,(H2,26,34)(H2,27,28,31,35). The summed E-state index contributed by atoms with van der Waals surface area (Å²) in [6, 6.07) is 7.58. The number of halogens is 2. The largest absolute Gasteiger partial charge is 0.363 e. The van der Waals surface area contributed by atoms with Crippen LogP contribution in [0.15, 0.2) is 48.9 Å². The van der Waals surface area contributed by atoms with Crippen LogP contribution in [0.2, 0.25) is 0 Å². The minimum atomic E-state index is -1.08. The van der Waals surface area contributed by atoms with Gasteiger partial charge in [-0.25, -0.2) is 23.5 Å². The van der Waals surface area contributed by atoms with E-state index in [9.17, 15) is 9.59 Å². The Hall–Kier alpha value is -4.61. The molecule has 0 saturated heterocycles. The number of imidazole rings is 1. The topological polar surface area (TPSA) is 133 Å². The summed E-state index contributed by atoms with van der Waals surface area (Å²) in [7, 11) is 1.49. The van der Waals surface area contributed by atoms with Gasteiger partial charge >= 0.3 is 6.03 Å². The highest BCUT2D eigenvalue weighted by Gasteiger charge is 2.22. The van der Waals surface area contributed by atoms with Crippen LogP contribution in [0.25, 0.3) is 22.4 Å². The molecule has 0 atom stereocenters. The van der Waals surface area contributed by atoms with Crippen molar-refractivity contribution in [3.63, 3.8) is 0 Å². The normalized spacial score (nSPS) is 10.9. The molecule has 180 valence electrons. The molecule has 12 heteroatoms. The molecule has 3 amide bonds. The van der Waals surface area contributed by atoms with Crippen molar-refractivity contribution in [1.82, 2.24) is 29.6 Å². The Morgan fingerprint density at radius 2 is 1.77 bits per heavy atom. The molecule has 35 heavy (non-hydrogen) atoms. The Bertz CT molecular complexity index is 1400. The van der Waals surface area contributed by atoms with Gasteiger partial charge in [0, 0.05) is 42.2 Å². The number of primary amides is 1. The van der Waals surface area contributed by atoms with Gasteiger partial charge in [0.2, 0.25) is 0 Å². The average molecular weight is 480 g/mol. The van der Waals surface area contributed by atoms with Crippen LogP contribution < -0.4 is 16.4 Å². The van der Waals surface area contributed by atoms with Crippen LogP contribution in [0, 0.1) is 18.6 Å². The first-order valence-corrected chi connectivity index (χ1v) is 10.6. The van der Waals surface area contributed by atoms with Crippen molar-refractivity contribution in [3.05, 3.63) is 72.1 Å². The van der Waals surface area contributed by atoms with Crippen molar-refractivity contribution in [2.45, 2.75) is 13.5 Å². The third-order valence-corrected chi connectivity index (χ3v) is 5.48. The van der Waals surface area contributed by atoms with E-state index in [1.165, 1.54) is 36.1 Å². The molecule has 0 bridgehead atoms. The van der Waals surface area contributed by atoms with Gasteiger partial charge in [-0.05, 0) is 25.1 Å². The predicted octanol–water partition coefficient (Wildman–Crippen LogP) is 2.85. The van der Waals surface area contributed by atoms with Gasteiger partial charge in [-0.3, -0.25) is 14.8 Å². The molecule has 10 nitrogen and oxygen atoms in total. The van der Waals surface area contributed by atoms with Crippen LogP contribution in [0.3, 0.4) is 0 Å². The smallest absolute Gasteiger partial charge is 0.320 e. The second kappa shape index (κ2) is 9.71. The zero-order valence-corrected chi connectivity index (χ0v) is 18.9. The summed E-state index contributed by atoms with van der Waals surface area (Å²) in [6.07, 6.45) is 4.27. The number of benzene rings is 1. The number of nitrogens with one attached hydrogen (secondary N) is 2. The van der Waals surface area contributed by atoms with Gasteiger partial charge in [-0.1, -0.05) is 12.1 Å². The fourth-order valence-electron chi connectivity index (χ4n) is 3.65. The molecule has 0 aliphatic heterocycles. The SMILES string of the molecule is Cc1c(-c2ccc(-c3cnc(C(N)=O)n3C)c(F)c2F)cnn1CCNC(=O)Nc1ccccn1. The van der Waals surface area contributed by atoms with Gasteiger partial charge < -0.3 is 15.6 Å². The summed E-state index contributed by atoms with van der Waals surface area (Å²) in [5.41, 5.74) is 6.45. The highest BCUT2D eigenvalue weighted by molar-refractivity contribution is 5.90. The summed E-state index contributed by atoms with van der Waals surface area (Å²) in [4.78, 5) is 31.3. The Morgan fingerprint density at radius 1 is 1.03 bits per heavy atom. The van der Waals surface area contributed by atoms with E-state index in [0.717, 1.165) is 0 Å². The number of aromatic nitrogens is 5. The van der Waals surface area contributed by atoms with E-state index < -0.39 is 23.6 Å². The van der Waals surface area contributed by atoms with E-state index in [1.807, 2.05) is 0 Å². The number of amides is 3. The van der Waals surface area contributed by atoms with Crippen LogP contribution in [0.4, 0.5) is 19.4 Å². The number of hydrogen-bond donors (Lipinski definition) is 3. The van der Waals surface area contributed by atoms with Gasteiger partial charge in [0.05, 0.1) is 24.6 Å². The first-order chi connectivity index (χ1) is 16.8. The first kappa shape index (κ1) is 23.5. The molecular formula is C23H22F2N8O2. The molecule has 0 saturated carbocycles. The van der Waals surface area contributed by atoms with Gasteiger partial charge in [0.25, 0.3) is 5.91 Å². The highest BCUT2D eigenvalue weighted by Crippen LogP contribution is 2.32. The zero-order chi connectivity index (χ0) is 25.1. The lowest BCUT2D eigenvalue weighted by molar-refractivity contribution is 0.0987. The highest BCUT2D eigenvalue weighted by atomic mass is 19.2. The fourth-order valence-corrected chi connectivity index (χ4v) is 3.65. The number of carbonyl (C=O) groups excluding carboxylic acids is 2. The molecule has 4 rings (SSSR count). The molecule has 1 aromatic carbocycles.